The number of rotatable bonds is 9. The third-order valence-electron chi connectivity index (χ3n) is 5.22. The highest BCUT2D eigenvalue weighted by Gasteiger charge is 2.35. The monoisotopic (exact) mass is 517 g/mol. The number of alkyl halides is 2. The lowest BCUT2D eigenvalue weighted by Gasteiger charge is -2.35. The zero-order valence-corrected chi connectivity index (χ0v) is 19.5. The molecule has 12 heteroatoms. The molecule has 0 spiro atoms. The van der Waals surface area contributed by atoms with Crippen molar-refractivity contribution in [1.82, 2.24) is 9.97 Å². The van der Waals surface area contributed by atoms with Crippen molar-refractivity contribution < 1.29 is 36.6 Å². The van der Waals surface area contributed by atoms with Crippen molar-refractivity contribution in [3.05, 3.63) is 72.3 Å². The first-order valence-electron chi connectivity index (χ1n) is 10.8. The summed E-state index contributed by atoms with van der Waals surface area (Å²) in [4.78, 5) is 19.0. The fourth-order valence-electron chi connectivity index (χ4n) is 3.60. The molecule has 0 saturated carbocycles. The van der Waals surface area contributed by atoms with E-state index < -0.39 is 28.7 Å². The van der Waals surface area contributed by atoms with E-state index in [4.69, 9.17) is 9.84 Å². The molecule has 0 unspecified atom stereocenters. The van der Waals surface area contributed by atoms with Crippen LogP contribution < -0.4 is 13.8 Å². The van der Waals surface area contributed by atoms with Gasteiger partial charge in [0, 0.05) is 24.9 Å². The highest BCUT2D eigenvalue weighted by Crippen LogP contribution is 2.39. The van der Waals surface area contributed by atoms with Crippen molar-refractivity contribution in [3.63, 3.8) is 0 Å². The fourth-order valence-corrected chi connectivity index (χ4v) is 5.13. The largest absolute Gasteiger partial charge is 0.486 e. The third-order valence-corrected chi connectivity index (χ3v) is 7.00. The van der Waals surface area contributed by atoms with Crippen LogP contribution in [0, 0.1) is 0 Å². The summed E-state index contributed by atoms with van der Waals surface area (Å²) in [5.41, 5.74) is 0.849. The second-order valence-corrected chi connectivity index (χ2v) is 9.59. The molecule has 0 saturated heterocycles. The van der Waals surface area contributed by atoms with Crippen LogP contribution in [0.5, 0.6) is 11.5 Å². The van der Waals surface area contributed by atoms with Gasteiger partial charge < -0.3 is 14.6 Å². The quantitative estimate of drug-likeness (QED) is 0.451. The lowest BCUT2D eigenvalue weighted by Crippen LogP contribution is -2.43. The minimum atomic E-state index is -4.26. The smallest absolute Gasteiger partial charge is 0.387 e. The van der Waals surface area contributed by atoms with E-state index in [0.29, 0.717) is 11.4 Å². The topological polar surface area (TPSA) is 119 Å². The Morgan fingerprint density at radius 2 is 1.94 bits per heavy atom. The number of aliphatic carboxylic acids is 1. The van der Waals surface area contributed by atoms with Crippen LogP contribution in [0.2, 0.25) is 0 Å². The van der Waals surface area contributed by atoms with Crippen LogP contribution in [0.15, 0.2) is 65.8 Å². The minimum Gasteiger partial charge on any atom is -0.486 e. The van der Waals surface area contributed by atoms with Gasteiger partial charge in [0.1, 0.15) is 17.6 Å². The van der Waals surface area contributed by atoms with Crippen molar-refractivity contribution in [3.8, 4) is 11.5 Å². The molecule has 1 aliphatic rings. The van der Waals surface area contributed by atoms with Gasteiger partial charge in [0.2, 0.25) is 0 Å². The van der Waals surface area contributed by atoms with Crippen molar-refractivity contribution in [2.24, 2.45) is 0 Å². The number of fused-ring (bicyclic) bond motifs is 1. The Morgan fingerprint density at radius 3 is 2.67 bits per heavy atom. The Hall–Kier alpha value is -4.06. The molecular weight excluding hydrogens is 496 g/mol. The summed E-state index contributed by atoms with van der Waals surface area (Å²) in [6.45, 7) is -3.28. The number of halogens is 2. The Morgan fingerprint density at radius 1 is 1.17 bits per heavy atom. The normalized spacial score (nSPS) is 15.5. The van der Waals surface area contributed by atoms with Gasteiger partial charge in [-0.3, -0.25) is 9.10 Å². The third kappa shape index (κ3) is 5.95. The lowest BCUT2D eigenvalue weighted by molar-refractivity contribution is -0.137. The molecule has 0 amide bonds. The first-order chi connectivity index (χ1) is 17.2. The molecule has 2 heterocycles. The van der Waals surface area contributed by atoms with E-state index in [2.05, 4.69) is 14.7 Å². The first-order valence-corrected chi connectivity index (χ1v) is 12.2. The second kappa shape index (κ2) is 10.7. The summed E-state index contributed by atoms with van der Waals surface area (Å²) < 4.78 is 64.0. The highest BCUT2D eigenvalue weighted by atomic mass is 32.2. The molecule has 0 radical (unpaired) electrons. The van der Waals surface area contributed by atoms with Gasteiger partial charge >= 0.3 is 12.6 Å². The maximum atomic E-state index is 13.6. The molecule has 1 aliphatic heterocycles. The summed E-state index contributed by atoms with van der Waals surface area (Å²) in [5, 5.41) is 9.05. The Bertz CT molecular complexity index is 1370. The van der Waals surface area contributed by atoms with Gasteiger partial charge in [-0.25, -0.2) is 18.4 Å². The van der Waals surface area contributed by atoms with Crippen molar-refractivity contribution in [2.45, 2.75) is 30.5 Å². The van der Waals surface area contributed by atoms with Gasteiger partial charge in [-0.05, 0) is 48.4 Å². The van der Waals surface area contributed by atoms with Crippen LogP contribution in [-0.4, -0.2) is 48.7 Å². The van der Waals surface area contributed by atoms with Gasteiger partial charge in [0.05, 0.1) is 17.1 Å². The van der Waals surface area contributed by atoms with Gasteiger partial charge in [0.15, 0.2) is 5.82 Å². The van der Waals surface area contributed by atoms with Gasteiger partial charge in [-0.2, -0.15) is 8.78 Å². The van der Waals surface area contributed by atoms with Crippen LogP contribution in [0.1, 0.15) is 24.2 Å². The number of hydrogen-bond acceptors (Lipinski definition) is 7. The Labute approximate surface area is 205 Å². The van der Waals surface area contributed by atoms with Crippen LogP contribution in [0.4, 0.5) is 14.5 Å². The van der Waals surface area contributed by atoms with Gasteiger partial charge in [-0.1, -0.05) is 18.2 Å². The summed E-state index contributed by atoms with van der Waals surface area (Å²) in [6.07, 6.45) is 5.66. The van der Waals surface area contributed by atoms with Crippen LogP contribution in [-0.2, 0) is 14.8 Å². The van der Waals surface area contributed by atoms with E-state index in [-0.39, 0.29) is 41.5 Å². The number of aromatic nitrogens is 2. The number of anilines is 1. The standard InChI is InChI=1S/C24H21F2N3O6S/c25-24(26)35-17-3-1-4-19(14-17)36(32,33)29-15-18(7-10-23(30)31)34-21-8-5-16(13-20(21)29)6-9-22-27-11-2-12-28-22/h1-6,8-9,11-14,18,24H,7,10,15H2,(H,30,31)/b9-6+/t18-/m0/s1. The number of benzene rings is 2. The SMILES string of the molecule is O=C(O)CC[C@H]1CN(S(=O)(=O)c2cccc(OC(F)F)c2)c2cc(/C=C/c3ncccn3)ccc2O1. The molecular formula is C24H21F2N3O6S. The van der Waals surface area contributed by atoms with Crippen molar-refractivity contribution in [2.75, 3.05) is 10.8 Å². The maximum absolute atomic E-state index is 13.6. The molecule has 9 nitrogen and oxygen atoms in total. The fraction of sp³-hybridized carbons (Fsp3) is 0.208. The number of carboxylic acids is 1. The van der Waals surface area contributed by atoms with Crippen LogP contribution >= 0.6 is 0 Å². The van der Waals surface area contributed by atoms with Crippen LogP contribution in [0.25, 0.3) is 12.2 Å². The molecule has 0 fully saturated rings. The summed E-state index contributed by atoms with van der Waals surface area (Å²) in [7, 11) is -4.26. The minimum absolute atomic E-state index is 0.0718. The molecule has 0 bridgehead atoms. The van der Waals surface area contributed by atoms with Crippen molar-refractivity contribution >= 4 is 33.8 Å². The number of hydrogen-bond donors (Lipinski definition) is 1. The molecule has 188 valence electrons. The van der Waals surface area contributed by atoms with E-state index in [9.17, 15) is 22.0 Å². The van der Waals surface area contributed by atoms with Crippen LogP contribution in [0.3, 0.4) is 0 Å². The number of nitrogens with zero attached hydrogens (tertiary/aromatic N) is 3. The van der Waals surface area contributed by atoms with E-state index in [0.717, 1.165) is 10.4 Å². The predicted molar refractivity (Wildman–Crippen MR) is 126 cm³/mol. The molecule has 4 rings (SSSR count). The zero-order valence-electron chi connectivity index (χ0n) is 18.7. The highest BCUT2D eigenvalue weighted by molar-refractivity contribution is 7.92. The average molecular weight is 518 g/mol. The number of carboxylic acid groups (broad SMARTS) is 1. The average Bonchev–Trinajstić information content (AvgIpc) is 2.86. The Kier molecular flexibility index (Phi) is 7.44. The second-order valence-electron chi connectivity index (χ2n) is 7.73. The number of sulfonamides is 1. The number of carbonyl (C=O) groups is 1. The molecule has 3 aromatic rings. The predicted octanol–water partition coefficient (Wildman–Crippen LogP) is 4.07. The molecule has 0 aliphatic carbocycles. The molecule has 1 atom stereocenters. The zero-order chi connectivity index (χ0) is 25.7. The van der Waals surface area contributed by atoms with E-state index in [1.54, 1.807) is 48.8 Å². The van der Waals surface area contributed by atoms with Gasteiger partial charge in [-0.15, -0.1) is 0 Å². The Balaban J connectivity index is 1.72. The first kappa shape index (κ1) is 25.0. The molecule has 36 heavy (non-hydrogen) atoms. The molecule has 2 aromatic carbocycles. The van der Waals surface area contributed by atoms with E-state index in [1.165, 1.54) is 18.2 Å². The van der Waals surface area contributed by atoms with E-state index in [1.807, 2.05) is 0 Å². The van der Waals surface area contributed by atoms with E-state index >= 15 is 0 Å². The molecule has 1 aromatic heterocycles. The lowest BCUT2D eigenvalue weighted by atomic mass is 10.1. The molecule has 1 N–H and O–H groups in total. The summed E-state index contributed by atoms with van der Waals surface area (Å²) in [6, 6.07) is 11.4. The summed E-state index contributed by atoms with van der Waals surface area (Å²) in [5.74, 6) is -0.644. The number of ether oxygens (including phenoxy) is 2. The van der Waals surface area contributed by atoms with Gasteiger partial charge in [0.25, 0.3) is 10.0 Å². The van der Waals surface area contributed by atoms with Crippen molar-refractivity contribution in [1.29, 1.82) is 0 Å². The maximum Gasteiger partial charge on any atom is 0.387 e. The summed E-state index contributed by atoms with van der Waals surface area (Å²) >= 11 is 0.